The molecule has 1 aromatic carbocycles. The van der Waals surface area contributed by atoms with Crippen molar-refractivity contribution >= 4 is 40.0 Å². The summed E-state index contributed by atoms with van der Waals surface area (Å²) in [6.07, 6.45) is 0. The number of furan rings is 1. The summed E-state index contributed by atoms with van der Waals surface area (Å²) < 4.78 is 7.20. The fraction of sp³-hybridized carbons (Fsp3) is 0.350. The van der Waals surface area contributed by atoms with Gasteiger partial charge in [0.15, 0.2) is 5.76 Å². The summed E-state index contributed by atoms with van der Waals surface area (Å²) in [7, 11) is 1.81. The predicted molar refractivity (Wildman–Crippen MR) is 110 cm³/mol. The molecular formula is C20H24N2O2S2. The summed E-state index contributed by atoms with van der Waals surface area (Å²) in [4.78, 5) is 14.8. The molecule has 0 saturated carbocycles. The fourth-order valence-corrected chi connectivity index (χ4v) is 4.67. The van der Waals surface area contributed by atoms with Crippen LogP contribution in [0.4, 0.5) is 0 Å². The van der Waals surface area contributed by atoms with Crippen molar-refractivity contribution in [3.05, 3.63) is 53.1 Å². The summed E-state index contributed by atoms with van der Waals surface area (Å²) >= 11 is 3.43. The molecule has 3 rings (SSSR count). The molecule has 0 aliphatic rings. The van der Waals surface area contributed by atoms with E-state index in [4.69, 9.17) is 10.2 Å². The van der Waals surface area contributed by atoms with Gasteiger partial charge in [-0.15, -0.1) is 23.1 Å². The van der Waals surface area contributed by atoms with Crippen molar-refractivity contribution in [2.75, 3.05) is 20.1 Å². The number of hydrogen-bond donors (Lipinski definition) is 1. The molecule has 1 amide bonds. The van der Waals surface area contributed by atoms with Gasteiger partial charge >= 0.3 is 0 Å². The van der Waals surface area contributed by atoms with E-state index in [0.29, 0.717) is 24.6 Å². The van der Waals surface area contributed by atoms with Crippen LogP contribution in [0.25, 0.3) is 11.0 Å². The minimum absolute atomic E-state index is 0.0931. The van der Waals surface area contributed by atoms with Crippen LogP contribution in [-0.4, -0.2) is 30.9 Å². The first-order valence-electron chi connectivity index (χ1n) is 8.53. The largest absolute Gasteiger partial charge is 0.451 e. The molecule has 26 heavy (non-hydrogen) atoms. The predicted octanol–water partition coefficient (Wildman–Crippen LogP) is 4.84. The molecule has 0 radical (unpaired) electrons. The standard InChI is InChI=1S/C20H24N2O2S2/c1-20(2,12-21)13-22(3)19(23)18-15(11-26-17-9-6-10-25-17)14-7-4-5-8-16(14)24-18/h4-10H,11-13,21H2,1-3H3. The Morgan fingerprint density at radius 1 is 1.27 bits per heavy atom. The molecule has 2 aromatic heterocycles. The van der Waals surface area contributed by atoms with Gasteiger partial charge in [-0.05, 0) is 29.5 Å². The second kappa shape index (κ2) is 7.86. The number of amides is 1. The molecule has 6 heteroatoms. The van der Waals surface area contributed by atoms with Crippen LogP contribution in [0.3, 0.4) is 0 Å². The second-order valence-electron chi connectivity index (χ2n) is 7.16. The normalized spacial score (nSPS) is 11.8. The lowest BCUT2D eigenvalue weighted by Gasteiger charge is -2.28. The van der Waals surface area contributed by atoms with E-state index in [1.807, 2.05) is 37.4 Å². The summed E-state index contributed by atoms with van der Waals surface area (Å²) in [6, 6.07) is 12.0. The molecule has 2 N–H and O–H groups in total. The van der Waals surface area contributed by atoms with E-state index in [1.165, 1.54) is 4.21 Å². The third kappa shape index (κ3) is 4.14. The first-order chi connectivity index (χ1) is 12.4. The zero-order valence-corrected chi connectivity index (χ0v) is 17.0. The third-order valence-corrected chi connectivity index (χ3v) is 6.47. The Morgan fingerprint density at radius 3 is 2.73 bits per heavy atom. The molecular weight excluding hydrogens is 364 g/mol. The van der Waals surface area contributed by atoms with E-state index >= 15 is 0 Å². The number of thiophene rings is 1. The van der Waals surface area contributed by atoms with Gasteiger partial charge in [-0.3, -0.25) is 4.79 Å². The highest BCUT2D eigenvalue weighted by atomic mass is 32.2. The van der Waals surface area contributed by atoms with Crippen molar-refractivity contribution in [1.82, 2.24) is 4.90 Å². The lowest BCUT2D eigenvalue weighted by Crippen LogP contribution is -2.39. The van der Waals surface area contributed by atoms with E-state index in [2.05, 4.69) is 25.3 Å². The maximum absolute atomic E-state index is 13.1. The molecule has 138 valence electrons. The Kier molecular flexibility index (Phi) is 5.75. The zero-order valence-electron chi connectivity index (χ0n) is 15.3. The highest BCUT2D eigenvalue weighted by Gasteiger charge is 2.27. The number of nitrogens with two attached hydrogens (primary N) is 1. The number of hydrogen-bond acceptors (Lipinski definition) is 5. The number of nitrogens with zero attached hydrogens (tertiary/aromatic N) is 1. The van der Waals surface area contributed by atoms with Gasteiger partial charge in [-0.1, -0.05) is 38.1 Å². The van der Waals surface area contributed by atoms with Crippen LogP contribution < -0.4 is 5.73 Å². The summed E-state index contributed by atoms with van der Waals surface area (Å²) in [6.45, 7) is 5.22. The molecule has 0 bridgehead atoms. The van der Waals surface area contributed by atoms with Crippen LogP contribution in [0.15, 0.2) is 50.4 Å². The highest BCUT2D eigenvalue weighted by Crippen LogP contribution is 2.34. The zero-order chi connectivity index (χ0) is 18.7. The molecule has 0 aliphatic heterocycles. The van der Waals surface area contributed by atoms with Gasteiger partial charge in [0.05, 0.1) is 4.21 Å². The van der Waals surface area contributed by atoms with Crippen molar-refractivity contribution in [1.29, 1.82) is 0 Å². The maximum atomic E-state index is 13.1. The summed E-state index contributed by atoms with van der Waals surface area (Å²) in [5, 5.41) is 3.07. The van der Waals surface area contributed by atoms with Gasteiger partial charge in [0.25, 0.3) is 5.91 Å². The fourth-order valence-electron chi connectivity index (χ4n) is 2.86. The van der Waals surface area contributed by atoms with Gasteiger partial charge in [0.1, 0.15) is 5.58 Å². The Labute approximate surface area is 162 Å². The van der Waals surface area contributed by atoms with Gasteiger partial charge in [0.2, 0.25) is 0 Å². The van der Waals surface area contributed by atoms with Crippen molar-refractivity contribution < 1.29 is 9.21 Å². The number of thioether (sulfide) groups is 1. The second-order valence-corrected chi connectivity index (χ2v) is 9.38. The Morgan fingerprint density at radius 2 is 2.04 bits per heavy atom. The number of fused-ring (bicyclic) bond motifs is 1. The topological polar surface area (TPSA) is 59.5 Å². The van der Waals surface area contributed by atoms with E-state index in [-0.39, 0.29) is 11.3 Å². The van der Waals surface area contributed by atoms with E-state index in [1.54, 1.807) is 28.0 Å². The molecule has 3 aromatic rings. The Balaban J connectivity index is 1.91. The minimum Gasteiger partial charge on any atom is -0.451 e. The highest BCUT2D eigenvalue weighted by molar-refractivity contribution is 8.00. The first-order valence-corrected chi connectivity index (χ1v) is 10.4. The average molecular weight is 389 g/mol. The maximum Gasteiger partial charge on any atom is 0.289 e. The van der Waals surface area contributed by atoms with Crippen molar-refractivity contribution in [3.63, 3.8) is 0 Å². The SMILES string of the molecule is CN(CC(C)(C)CN)C(=O)c1oc2ccccc2c1CSc1cccs1. The molecule has 4 nitrogen and oxygen atoms in total. The van der Waals surface area contributed by atoms with E-state index < -0.39 is 0 Å². The van der Waals surface area contributed by atoms with Gasteiger partial charge in [-0.25, -0.2) is 0 Å². The molecule has 0 saturated heterocycles. The van der Waals surface area contributed by atoms with Crippen LogP contribution in [0.1, 0.15) is 30.0 Å². The average Bonchev–Trinajstić information content (AvgIpc) is 3.26. The minimum atomic E-state index is -0.137. The number of carbonyl (C=O) groups excluding carboxylic acids is 1. The quantitative estimate of drug-likeness (QED) is 0.588. The van der Waals surface area contributed by atoms with E-state index in [0.717, 1.165) is 16.5 Å². The van der Waals surface area contributed by atoms with Crippen molar-refractivity contribution in [2.45, 2.75) is 23.8 Å². The van der Waals surface area contributed by atoms with Gasteiger partial charge in [-0.2, -0.15) is 0 Å². The molecule has 0 unspecified atom stereocenters. The molecule has 0 fully saturated rings. The number of para-hydroxylation sites is 1. The first kappa shape index (κ1) is 19.0. The number of benzene rings is 1. The smallest absolute Gasteiger partial charge is 0.289 e. The lowest BCUT2D eigenvalue weighted by molar-refractivity contribution is 0.0710. The Bertz CT molecular complexity index is 884. The monoisotopic (exact) mass is 388 g/mol. The Hall–Kier alpha value is -1.76. The molecule has 0 aliphatic carbocycles. The van der Waals surface area contributed by atoms with Crippen LogP contribution in [0.2, 0.25) is 0 Å². The van der Waals surface area contributed by atoms with Crippen molar-refractivity contribution in [3.8, 4) is 0 Å². The molecule has 2 heterocycles. The summed E-state index contributed by atoms with van der Waals surface area (Å²) in [5.74, 6) is 1.04. The molecule has 0 spiro atoms. The van der Waals surface area contributed by atoms with E-state index in [9.17, 15) is 4.79 Å². The van der Waals surface area contributed by atoms with Crippen molar-refractivity contribution in [2.24, 2.45) is 11.1 Å². The number of rotatable bonds is 7. The molecule has 0 atom stereocenters. The summed E-state index contributed by atoms with van der Waals surface area (Å²) in [5.41, 5.74) is 7.40. The number of carbonyl (C=O) groups is 1. The van der Waals surface area contributed by atoms with Crippen LogP contribution in [0.5, 0.6) is 0 Å². The van der Waals surface area contributed by atoms with Gasteiger partial charge < -0.3 is 15.1 Å². The van der Waals surface area contributed by atoms with Crippen LogP contribution in [0, 0.1) is 5.41 Å². The van der Waals surface area contributed by atoms with Crippen LogP contribution >= 0.6 is 23.1 Å². The third-order valence-electron chi connectivity index (χ3n) is 4.31. The van der Waals surface area contributed by atoms with Crippen LogP contribution in [-0.2, 0) is 5.75 Å². The lowest BCUT2D eigenvalue weighted by atomic mass is 9.93. The van der Waals surface area contributed by atoms with Gasteiger partial charge in [0, 0.05) is 30.3 Å².